The van der Waals surface area contributed by atoms with Gasteiger partial charge in [-0.2, -0.15) is 5.10 Å². The van der Waals surface area contributed by atoms with Crippen molar-refractivity contribution in [3.63, 3.8) is 0 Å². The fourth-order valence-electron chi connectivity index (χ4n) is 2.97. The van der Waals surface area contributed by atoms with Crippen molar-refractivity contribution in [2.45, 2.75) is 13.8 Å². The first-order valence-corrected chi connectivity index (χ1v) is 10.8. The van der Waals surface area contributed by atoms with Crippen LogP contribution in [0, 0.1) is 27.2 Å². The Morgan fingerprint density at radius 2 is 1.62 bits per heavy atom. The fourth-order valence-corrected chi connectivity index (χ4v) is 2.97. The van der Waals surface area contributed by atoms with Crippen LogP contribution in [0.15, 0.2) is 65.8 Å². The highest BCUT2D eigenvalue weighted by atomic mass is 16.6. The zero-order chi connectivity index (χ0) is 26.9. The lowest BCUT2D eigenvalue weighted by Gasteiger charge is -2.12. The smallest absolute Gasteiger partial charge is 0.329 e. The Morgan fingerprint density at radius 1 is 0.919 bits per heavy atom. The maximum absolute atomic E-state index is 12.0. The molecule has 0 aliphatic rings. The van der Waals surface area contributed by atoms with Gasteiger partial charge < -0.3 is 14.8 Å². The Balaban J connectivity index is 1.72. The lowest BCUT2D eigenvalue weighted by molar-refractivity contribution is -0.394. The van der Waals surface area contributed by atoms with Crippen molar-refractivity contribution in [1.29, 1.82) is 0 Å². The van der Waals surface area contributed by atoms with Crippen LogP contribution in [0.1, 0.15) is 18.1 Å². The molecule has 3 aromatic carbocycles. The Hall–Kier alpha value is -5.33. The minimum Gasteiger partial charge on any atom is -0.490 e. The van der Waals surface area contributed by atoms with Crippen molar-refractivity contribution in [2.24, 2.45) is 5.10 Å². The quantitative estimate of drug-likeness (QED) is 0.188. The average molecular weight is 507 g/mol. The number of hydrazone groups is 1. The molecule has 0 spiro atoms. The van der Waals surface area contributed by atoms with Gasteiger partial charge in [-0.25, -0.2) is 5.43 Å². The number of benzene rings is 3. The predicted octanol–water partition coefficient (Wildman–Crippen LogP) is 4.09. The molecule has 0 aliphatic heterocycles. The van der Waals surface area contributed by atoms with E-state index >= 15 is 0 Å². The van der Waals surface area contributed by atoms with Crippen LogP contribution in [-0.4, -0.2) is 34.5 Å². The Bertz CT molecular complexity index is 1370. The summed E-state index contributed by atoms with van der Waals surface area (Å²) in [5.74, 6) is -1.79. The van der Waals surface area contributed by atoms with Crippen LogP contribution in [-0.2, 0) is 9.59 Å². The summed E-state index contributed by atoms with van der Waals surface area (Å²) in [5.41, 5.74) is 2.99. The number of nitro benzene ring substituents is 2. The van der Waals surface area contributed by atoms with Gasteiger partial charge >= 0.3 is 17.5 Å². The summed E-state index contributed by atoms with van der Waals surface area (Å²) in [6.07, 6.45) is 1.26. The second-order valence-corrected chi connectivity index (χ2v) is 7.43. The van der Waals surface area contributed by atoms with Gasteiger partial charge in [0.25, 0.3) is 5.69 Å². The highest BCUT2D eigenvalue weighted by molar-refractivity contribution is 6.39. The Labute approximate surface area is 210 Å². The van der Waals surface area contributed by atoms with Crippen LogP contribution in [0.25, 0.3) is 0 Å². The van der Waals surface area contributed by atoms with E-state index in [9.17, 15) is 29.8 Å². The zero-order valence-corrected chi connectivity index (χ0v) is 19.7. The van der Waals surface area contributed by atoms with Crippen molar-refractivity contribution in [2.75, 3.05) is 11.9 Å². The number of hydrogen-bond acceptors (Lipinski definition) is 9. The number of aryl methyl sites for hydroxylation is 1. The van der Waals surface area contributed by atoms with Gasteiger partial charge in [0.15, 0.2) is 11.5 Å². The summed E-state index contributed by atoms with van der Waals surface area (Å²) in [6, 6.07) is 14.4. The maximum atomic E-state index is 12.0. The van der Waals surface area contributed by atoms with Gasteiger partial charge in [0.1, 0.15) is 0 Å². The highest BCUT2D eigenvalue weighted by Gasteiger charge is 2.22. The number of anilines is 1. The van der Waals surface area contributed by atoms with Gasteiger partial charge in [-0.15, -0.1) is 0 Å². The fraction of sp³-hybridized carbons (Fsp3) is 0.125. The van der Waals surface area contributed by atoms with Gasteiger partial charge in [-0.3, -0.25) is 29.8 Å². The third-order valence-corrected chi connectivity index (χ3v) is 4.73. The van der Waals surface area contributed by atoms with Gasteiger partial charge in [0.05, 0.1) is 28.7 Å². The summed E-state index contributed by atoms with van der Waals surface area (Å²) in [5, 5.41) is 28.5. The second-order valence-electron chi connectivity index (χ2n) is 7.43. The van der Waals surface area contributed by atoms with Crippen LogP contribution in [0.5, 0.6) is 17.2 Å². The molecule has 0 saturated heterocycles. The number of carbonyl (C=O) groups excluding carboxylic acids is 2. The molecule has 13 heteroatoms. The minimum atomic E-state index is -0.979. The van der Waals surface area contributed by atoms with Gasteiger partial charge in [-0.05, 0) is 55.8 Å². The summed E-state index contributed by atoms with van der Waals surface area (Å²) < 4.78 is 11.2. The lowest BCUT2D eigenvalue weighted by atomic mass is 10.2. The van der Waals surface area contributed by atoms with Crippen LogP contribution < -0.4 is 20.2 Å². The third kappa shape index (κ3) is 7.08. The summed E-state index contributed by atoms with van der Waals surface area (Å²) in [6.45, 7) is 3.84. The molecule has 0 heterocycles. The van der Waals surface area contributed by atoms with Crippen LogP contribution in [0.3, 0.4) is 0 Å². The molecule has 2 N–H and O–H groups in total. The first-order valence-electron chi connectivity index (χ1n) is 10.8. The first-order chi connectivity index (χ1) is 17.7. The number of nitrogens with one attached hydrogen (secondary N) is 2. The Morgan fingerprint density at radius 3 is 2.27 bits per heavy atom. The SMILES string of the molecule is CCOc1cc(/C=N/NC(=O)C(=O)Nc2ccc(C)cc2)ccc1Oc1ccc([N+](=O)[O-])cc1[N+](=O)[O-]. The predicted molar refractivity (Wildman–Crippen MR) is 133 cm³/mol. The van der Waals surface area contributed by atoms with Crippen molar-refractivity contribution in [3.8, 4) is 17.2 Å². The number of amides is 2. The van der Waals surface area contributed by atoms with Crippen LogP contribution in [0.2, 0.25) is 0 Å². The molecule has 0 fully saturated rings. The molecule has 0 unspecified atom stereocenters. The van der Waals surface area contributed by atoms with E-state index in [0.717, 1.165) is 23.8 Å². The van der Waals surface area contributed by atoms with E-state index in [-0.39, 0.29) is 23.9 Å². The molecular formula is C24H21N5O8. The molecule has 0 saturated carbocycles. The number of ether oxygens (including phenoxy) is 2. The topological polar surface area (TPSA) is 175 Å². The van der Waals surface area contributed by atoms with E-state index in [4.69, 9.17) is 9.47 Å². The summed E-state index contributed by atoms with van der Waals surface area (Å²) in [4.78, 5) is 44.8. The van der Waals surface area contributed by atoms with Crippen LogP contribution >= 0.6 is 0 Å². The molecule has 2 amide bonds. The molecule has 0 radical (unpaired) electrons. The number of non-ortho nitro benzene ring substituents is 1. The minimum absolute atomic E-state index is 0.109. The molecule has 190 valence electrons. The zero-order valence-electron chi connectivity index (χ0n) is 19.7. The van der Waals surface area contributed by atoms with Crippen molar-refractivity contribution >= 4 is 35.1 Å². The van der Waals surface area contributed by atoms with Gasteiger partial charge in [-0.1, -0.05) is 17.7 Å². The molecular weight excluding hydrogens is 486 g/mol. The average Bonchev–Trinajstić information content (AvgIpc) is 2.86. The standard InChI is InChI=1S/C24H21N5O8/c1-3-36-22-12-16(14-25-27-24(31)23(30)26-17-7-4-15(2)5-8-17)6-10-21(22)37-20-11-9-18(28(32)33)13-19(20)29(34)35/h4-14H,3H2,1-2H3,(H,26,30)(H,27,31)/b25-14+. The largest absolute Gasteiger partial charge is 0.490 e. The lowest BCUT2D eigenvalue weighted by Crippen LogP contribution is -2.32. The molecule has 13 nitrogen and oxygen atoms in total. The normalized spacial score (nSPS) is 10.5. The monoisotopic (exact) mass is 507 g/mol. The van der Waals surface area contributed by atoms with Crippen molar-refractivity contribution in [1.82, 2.24) is 5.43 Å². The summed E-state index contributed by atoms with van der Waals surface area (Å²) in [7, 11) is 0. The molecule has 3 aromatic rings. The third-order valence-electron chi connectivity index (χ3n) is 4.73. The van der Waals surface area contributed by atoms with E-state index < -0.39 is 33.0 Å². The molecule has 0 atom stereocenters. The highest BCUT2D eigenvalue weighted by Crippen LogP contribution is 2.38. The van der Waals surface area contributed by atoms with E-state index in [1.807, 2.05) is 6.92 Å². The van der Waals surface area contributed by atoms with E-state index in [1.165, 1.54) is 24.4 Å². The van der Waals surface area contributed by atoms with Crippen LogP contribution in [0.4, 0.5) is 17.1 Å². The number of nitro groups is 2. The molecule has 37 heavy (non-hydrogen) atoms. The number of rotatable bonds is 9. The van der Waals surface area contributed by atoms with Gasteiger partial charge in [0, 0.05) is 11.8 Å². The molecule has 3 rings (SSSR count). The van der Waals surface area contributed by atoms with E-state index in [0.29, 0.717) is 11.3 Å². The molecule has 0 bridgehead atoms. The first kappa shape index (κ1) is 26.3. The number of hydrogen-bond donors (Lipinski definition) is 2. The van der Waals surface area contributed by atoms with Crippen molar-refractivity contribution < 1.29 is 28.9 Å². The maximum Gasteiger partial charge on any atom is 0.329 e. The van der Waals surface area contributed by atoms with Gasteiger partial charge in [0.2, 0.25) is 5.75 Å². The Kier molecular flexibility index (Phi) is 8.44. The number of carbonyl (C=O) groups is 2. The molecule has 0 aromatic heterocycles. The number of nitrogens with zero attached hydrogens (tertiary/aromatic N) is 3. The van der Waals surface area contributed by atoms with Crippen molar-refractivity contribution in [3.05, 3.63) is 92.0 Å². The van der Waals surface area contributed by atoms with E-state index in [2.05, 4.69) is 15.8 Å². The second kappa shape index (κ2) is 11.9. The summed E-state index contributed by atoms with van der Waals surface area (Å²) >= 11 is 0. The van der Waals surface area contributed by atoms with E-state index in [1.54, 1.807) is 31.2 Å². The molecule has 0 aliphatic carbocycles.